The van der Waals surface area contributed by atoms with Gasteiger partial charge in [-0.25, -0.2) is 12.4 Å². The van der Waals surface area contributed by atoms with Crippen molar-refractivity contribution in [1.29, 1.82) is 0 Å². The maximum Gasteiger partial charge on any atom is 0.267 e. The lowest BCUT2D eigenvalue weighted by Crippen LogP contribution is -2.38. The number of hydrogen-bond acceptors (Lipinski definition) is 3. The molecule has 0 N–H and O–H groups in total. The Labute approximate surface area is 225 Å². The highest BCUT2D eigenvalue weighted by molar-refractivity contribution is 7.90. The molecule has 38 heavy (non-hydrogen) atoms. The third-order valence-electron chi connectivity index (χ3n) is 9.85. The van der Waals surface area contributed by atoms with Crippen LogP contribution in [0.2, 0.25) is 0 Å². The predicted molar refractivity (Wildman–Crippen MR) is 149 cm³/mol. The Bertz CT molecular complexity index is 1610. The number of aromatic nitrogens is 1. The predicted octanol–water partition coefficient (Wildman–Crippen LogP) is 6.96. The Balaban J connectivity index is 1.49. The van der Waals surface area contributed by atoms with E-state index in [4.69, 9.17) is 4.74 Å². The fourth-order valence-electron chi connectivity index (χ4n) is 8.34. The van der Waals surface area contributed by atoms with Gasteiger partial charge in [0.2, 0.25) is 0 Å². The third kappa shape index (κ3) is 3.05. The van der Waals surface area contributed by atoms with Crippen molar-refractivity contribution in [3.63, 3.8) is 0 Å². The highest BCUT2D eigenvalue weighted by Crippen LogP contribution is 2.75. The molecule has 1 aromatic heterocycles. The van der Waals surface area contributed by atoms with Gasteiger partial charge in [0.1, 0.15) is 5.75 Å². The lowest BCUT2D eigenvalue weighted by Gasteiger charge is -2.41. The number of hydrogen-bond donors (Lipinski definition) is 0. The monoisotopic (exact) mass is 523 g/mol. The topological polar surface area (TPSA) is 48.3 Å². The average Bonchev–Trinajstić information content (AvgIpc) is 3.60. The van der Waals surface area contributed by atoms with Gasteiger partial charge < -0.3 is 4.74 Å². The number of methoxy groups -OCH3 is 1. The van der Waals surface area contributed by atoms with Gasteiger partial charge in [0.15, 0.2) is 0 Å². The van der Waals surface area contributed by atoms with Crippen molar-refractivity contribution in [2.75, 3.05) is 7.11 Å². The van der Waals surface area contributed by atoms with Crippen LogP contribution in [0, 0.1) is 12.8 Å². The molecule has 7 rings (SSSR count). The molecule has 4 nitrogen and oxygen atoms in total. The van der Waals surface area contributed by atoms with E-state index in [1.165, 1.54) is 39.1 Å². The van der Waals surface area contributed by atoms with Crippen LogP contribution >= 0.6 is 0 Å². The molecule has 2 saturated carbocycles. The first-order valence-corrected chi connectivity index (χ1v) is 15.1. The second-order valence-corrected chi connectivity index (χ2v) is 13.3. The maximum atomic E-state index is 13.9. The zero-order valence-electron chi connectivity index (χ0n) is 21.9. The van der Waals surface area contributed by atoms with Crippen LogP contribution < -0.4 is 4.74 Å². The number of nitrogens with zero attached hydrogens (tertiary/aromatic N) is 1. The van der Waals surface area contributed by atoms with Crippen molar-refractivity contribution in [2.24, 2.45) is 5.92 Å². The fraction of sp³-hybridized carbons (Fsp3) is 0.333. The summed E-state index contributed by atoms with van der Waals surface area (Å²) in [7, 11) is -2.00. The quantitative estimate of drug-likeness (QED) is 0.284. The summed E-state index contributed by atoms with van der Waals surface area (Å²) in [4.78, 5) is 0.333. The normalized spacial score (nSPS) is 27.6. The fourth-order valence-corrected chi connectivity index (χ4v) is 9.55. The van der Waals surface area contributed by atoms with E-state index in [1.54, 1.807) is 19.2 Å². The molecule has 3 aromatic carbocycles. The zero-order chi connectivity index (χ0) is 26.1. The number of ether oxygens (including phenoxy) is 1. The SMILES string of the molecule is COc1ccc([C@]23c4cn(S(=O)(=O)c5ccc(C)cc5)cc4[C@@]4(CCCC[C@H]42)C[C@H]3c2ccccc2)cc1. The molecule has 5 heteroatoms. The Morgan fingerprint density at radius 1 is 0.868 bits per heavy atom. The molecule has 3 aliphatic carbocycles. The van der Waals surface area contributed by atoms with Gasteiger partial charge in [0, 0.05) is 23.2 Å². The number of fused-ring (bicyclic) bond motifs is 2. The molecular formula is C33H33NO3S. The van der Waals surface area contributed by atoms with Crippen LogP contribution in [0.4, 0.5) is 0 Å². The summed E-state index contributed by atoms with van der Waals surface area (Å²) in [6, 6.07) is 26.6. The van der Waals surface area contributed by atoms with Crippen LogP contribution in [-0.4, -0.2) is 19.5 Å². The van der Waals surface area contributed by atoms with Crippen LogP contribution in [0.15, 0.2) is 96.2 Å². The largest absolute Gasteiger partial charge is 0.497 e. The van der Waals surface area contributed by atoms with E-state index in [1.807, 2.05) is 31.5 Å². The Hall–Kier alpha value is -3.31. The first kappa shape index (κ1) is 23.8. The summed E-state index contributed by atoms with van der Waals surface area (Å²) < 4.78 is 34.8. The number of benzene rings is 3. The van der Waals surface area contributed by atoms with Crippen molar-refractivity contribution >= 4 is 10.0 Å². The van der Waals surface area contributed by atoms with Crippen molar-refractivity contribution in [3.8, 4) is 5.75 Å². The van der Waals surface area contributed by atoms with Crippen LogP contribution in [0.25, 0.3) is 0 Å². The number of rotatable bonds is 5. The molecule has 0 spiro atoms. The Morgan fingerprint density at radius 2 is 1.58 bits per heavy atom. The summed E-state index contributed by atoms with van der Waals surface area (Å²) in [5.41, 5.74) is 5.82. The van der Waals surface area contributed by atoms with Crippen molar-refractivity contribution in [2.45, 2.75) is 60.7 Å². The molecule has 4 atom stereocenters. The average molecular weight is 524 g/mol. The smallest absolute Gasteiger partial charge is 0.267 e. The van der Waals surface area contributed by atoms with Crippen LogP contribution in [0.1, 0.15) is 65.8 Å². The molecule has 194 valence electrons. The van der Waals surface area contributed by atoms with Gasteiger partial charge in [-0.2, -0.15) is 0 Å². The van der Waals surface area contributed by atoms with Crippen molar-refractivity contribution in [1.82, 2.24) is 3.97 Å². The molecule has 4 aromatic rings. The van der Waals surface area contributed by atoms with E-state index in [9.17, 15) is 8.42 Å². The molecule has 3 aliphatic rings. The standard InChI is InChI=1S/C33H33NO3S/c1-23-11-17-27(18-12-23)38(35,36)34-21-29-30(22-34)33(25-13-15-26(37-2)16-14-25)28(24-8-4-3-5-9-24)20-32(29)19-7-6-10-31(32)33/h3-5,8-9,11-18,21-22,28,31H,6-7,10,19-20H2,1-2H3/t28-,31+,32+,33-/m0/s1. The van der Waals surface area contributed by atoms with Crippen molar-refractivity contribution < 1.29 is 13.2 Å². The van der Waals surface area contributed by atoms with Gasteiger partial charge in [-0.15, -0.1) is 0 Å². The van der Waals surface area contributed by atoms with Gasteiger partial charge in [-0.1, -0.05) is 73.0 Å². The third-order valence-corrected chi connectivity index (χ3v) is 11.5. The van der Waals surface area contributed by atoms with Crippen molar-refractivity contribution in [3.05, 3.63) is 119 Å². The molecule has 0 radical (unpaired) electrons. The van der Waals surface area contributed by atoms with Gasteiger partial charge in [-0.05, 0) is 84.5 Å². The lowest BCUT2D eigenvalue weighted by atomic mass is 9.61. The van der Waals surface area contributed by atoms with Crippen LogP contribution in [0.3, 0.4) is 0 Å². The highest BCUT2D eigenvalue weighted by Gasteiger charge is 2.70. The van der Waals surface area contributed by atoms with E-state index < -0.39 is 10.0 Å². The molecule has 0 unspecified atom stereocenters. The summed E-state index contributed by atoms with van der Waals surface area (Å²) in [5, 5.41) is 0. The molecule has 0 aliphatic heterocycles. The minimum atomic E-state index is -3.70. The molecule has 0 saturated heterocycles. The molecule has 2 fully saturated rings. The zero-order valence-corrected chi connectivity index (χ0v) is 22.7. The maximum absolute atomic E-state index is 13.9. The molecular weight excluding hydrogens is 490 g/mol. The second-order valence-electron chi connectivity index (χ2n) is 11.5. The first-order chi connectivity index (χ1) is 18.4. The minimum absolute atomic E-state index is 0.0118. The minimum Gasteiger partial charge on any atom is -0.497 e. The van der Waals surface area contributed by atoms with E-state index in [-0.39, 0.29) is 16.7 Å². The Kier molecular flexibility index (Phi) is 5.22. The number of aryl methyl sites for hydroxylation is 1. The van der Waals surface area contributed by atoms with Gasteiger partial charge >= 0.3 is 0 Å². The van der Waals surface area contributed by atoms with E-state index in [2.05, 4.69) is 54.6 Å². The Morgan fingerprint density at radius 3 is 2.29 bits per heavy atom. The van der Waals surface area contributed by atoms with E-state index >= 15 is 0 Å². The van der Waals surface area contributed by atoms with E-state index in [0.29, 0.717) is 10.8 Å². The first-order valence-electron chi connectivity index (χ1n) is 13.7. The summed E-state index contributed by atoms with van der Waals surface area (Å²) >= 11 is 0. The van der Waals surface area contributed by atoms with Gasteiger partial charge in [-0.3, -0.25) is 0 Å². The molecule has 0 amide bonds. The van der Waals surface area contributed by atoms with Gasteiger partial charge in [0.05, 0.1) is 12.0 Å². The summed E-state index contributed by atoms with van der Waals surface area (Å²) in [5.74, 6) is 1.57. The van der Waals surface area contributed by atoms with Crippen LogP contribution in [0.5, 0.6) is 5.75 Å². The van der Waals surface area contributed by atoms with Crippen LogP contribution in [-0.2, 0) is 20.9 Å². The second kappa shape index (κ2) is 8.34. The van der Waals surface area contributed by atoms with Gasteiger partial charge in [0.25, 0.3) is 10.0 Å². The highest BCUT2D eigenvalue weighted by atomic mass is 32.2. The molecule has 1 heterocycles. The summed E-state index contributed by atoms with van der Waals surface area (Å²) in [6.07, 6.45) is 9.66. The molecule has 2 bridgehead atoms. The summed E-state index contributed by atoms with van der Waals surface area (Å²) in [6.45, 7) is 1.98. The van der Waals surface area contributed by atoms with E-state index in [0.717, 1.165) is 30.6 Å². The lowest BCUT2D eigenvalue weighted by molar-refractivity contribution is 0.205.